The van der Waals surface area contributed by atoms with E-state index in [4.69, 9.17) is 5.26 Å². The number of amides is 1. The van der Waals surface area contributed by atoms with Gasteiger partial charge in [0.15, 0.2) is 11.6 Å². The lowest BCUT2D eigenvalue weighted by molar-refractivity contribution is -0.127. The summed E-state index contributed by atoms with van der Waals surface area (Å²) in [4.78, 5) is 14.0. The molecule has 4 nitrogen and oxygen atoms in total. The SMILES string of the molecule is CN(C)C(=O)CN(C)c1c(F)cc(C#N)cc1F. The van der Waals surface area contributed by atoms with Crippen LogP contribution in [-0.2, 0) is 4.79 Å². The first-order valence-electron chi connectivity index (χ1n) is 5.17. The van der Waals surface area contributed by atoms with Crippen LogP contribution in [0.4, 0.5) is 14.5 Å². The number of halogens is 2. The van der Waals surface area contributed by atoms with Crippen molar-refractivity contribution in [2.24, 2.45) is 0 Å². The molecular formula is C12H13F2N3O. The molecule has 1 amide bonds. The lowest BCUT2D eigenvalue weighted by Gasteiger charge is -2.22. The smallest absolute Gasteiger partial charge is 0.241 e. The number of hydrogen-bond acceptors (Lipinski definition) is 3. The van der Waals surface area contributed by atoms with Crippen LogP contribution < -0.4 is 4.90 Å². The standard InChI is InChI=1S/C12H13F2N3O/c1-16(2)11(18)7-17(3)12-9(13)4-8(6-15)5-10(12)14/h4-5H,7H2,1-3H3. The number of nitrogens with zero attached hydrogens (tertiary/aromatic N) is 3. The van der Waals surface area contributed by atoms with Crippen LogP contribution in [0.1, 0.15) is 5.56 Å². The number of likely N-dealkylation sites (N-methyl/N-ethyl adjacent to an activating group) is 2. The fraction of sp³-hybridized carbons (Fsp3) is 0.333. The van der Waals surface area contributed by atoms with E-state index in [0.717, 1.165) is 12.1 Å². The van der Waals surface area contributed by atoms with Crippen LogP contribution in [0.15, 0.2) is 12.1 Å². The molecule has 0 atom stereocenters. The lowest BCUT2D eigenvalue weighted by atomic mass is 10.2. The molecule has 0 heterocycles. The van der Waals surface area contributed by atoms with E-state index in [9.17, 15) is 13.6 Å². The van der Waals surface area contributed by atoms with Crippen molar-refractivity contribution in [3.05, 3.63) is 29.3 Å². The normalized spacial score (nSPS) is 9.78. The highest BCUT2D eigenvalue weighted by Crippen LogP contribution is 2.23. The van der Waals surface area contributed by atoms with Gasteiger partial charge >= 0.3 is 0 Å². The topological polar surface area (TPSA) is 47.3 Å². The summed E-state index contributed by atoms with van der Waals surface area (Å²) in [7, 11) is 4.53. The predicted octanol–water partition coefficient (Wildman–Crippen LogP) is 1.36. The molecule has 0 bridgehead atoms. The number of hydrogen-bond donors (Lipinski definition) is 0. The minimum Gasteiger partial charge on any atom is -0.361 e. The fourth-order valence-electron chi connectivity index (χ4n) is 1.42. The summed E-state index contributed by atoms with van der Waals surface area (Å²) in [6.45, 7) is -0.146. The maximum absolute atomic E-state index is 13.6. The molecule has 0 spiro atoms. The lowest BCUT2D eigenvalue weighted by Crippen LogP contribution is -2.35. The minimum absolute atomic E-state index is 0.0962. The Morgan fingerprint density at radius 2 is 1.78 bits per heavy atom. The quantitative estimate of drug-likeness (QED) is 0.817. The van der Waals surface area contributed by atoms with E-state index in [1.54, 1.807) is 20.2 Å². The van der Waals surface area contributed by atoms with Crippen LogP contribution in [0.3, 0.4) is 0 Å². The highest BCUT2D eigenvalue weighted by molar-refractivity contribution is 5.81. The van der Waals surface area contributed by atoms with E-state index in [1.807, 2.05) is 0 Å². The van der Waals surface area contributed by atoms with E-state index >= 15 is 0 Å². The molecule has 0 fully saturated rings. The van der Waals surface area contributed by atoms with Crippen LogP contribution >= 0.6 is 0 Å². The van der Waals surface area contributed by atoms with E-state index in [-0.39, 0.29) is 23.7 Å². The Morgan fingerprint density at radius 3 is 2.17 bits per heavy atom. The fourth-order valence-corrected chi connectivity index (χ4v) is 1.42. The van der Waals surface area contributed by atoms with Crippen LogP contribution in [0.25, 0.3) is 0 Å². The van der Waals surface area contributed by atoms with Crippen molar-refractivity contribution in [1.82, 2.24) is 4.90 Å². The van der Waals surface area contributed by atoms with Crippen LogP contribution in [-0.4, -0.2) is 38.5 Å². The third-order valence-electron chi connectivity index (χ3n) is 2.40. The first-order valence-corrected chi connectivity index (χ1v) is 5.17. The zero-order chi connectivity index (χ0) is 13.9. The van der Waals surface area contributed by atoms with E-state index in [1.165, 1.54) is 16.8 Å². The van der Waals surface area contributed by atoms with Crippen LogP contribution in [0.5, 0.6) is 0 Å². The van der Waals surface area contributed by atoms with Crippen molar-refractivity contribution in [2.45, 2.75) is 0 Å². The van der Waals surface area contributed by atoms with Crippen molar-refractivity contribution < 1.29 is 13.6 Å². The van der Waals surface area contributed by atoms with E-state index < -0.39 is 11.6 Å². The second kappa shape index (κ2) is 5.45. The van der Waals surface area contributed by atoms with Gasteiger partial charge in [-0.05, 0) is 12.1 Å². The van der Waals surface area contributed by atoms with Gasteiger partial charge in [0.05, 0.1) is 18.2 Å². The molecule has 0 saturated carbocycles. The molecule has 6 heteroatoms. The van der Waals surface area contributed by atoms with Gasteiger partial charge in [-0.25, -0.2) is 8.78 Å². The van der Waals surface area contributed by atoms with Gasteiger partial charge in [0.2, 0.25) is 5.91 Å². The Kier molecular flexibility index (Phi) is 4.21. The summed E-state index contributed by atoms with van der Waals surface area (Å²) in [5.41, 5.74) is -0.412. The molecule has 1 rings (SSSR count). The second-order valence-electron chi connectivity index (χ2n) is 4.04. The average molecular weight is 253 g/mol. The van der Waals surface area contributed by atoms with Gasteiger partial charge in [0, 0.05) is 21.1 Å². The second-order valence-corrected chi connectivity index (χ2v) is 4.04. The van der Waals surface area contributed by atoms with Gasteiger partial charge in [-0.3, -0.25) is 4.79 Å². The first kappa shape index (κ1) is 13.9. The monoisotopic (exact) mass is 253 g/mol. The third kappa shape index (κ3) is 2.94. The molecule has 18 heavy (non-hydrogen) atoms. The van der Waals surface area contributed by atoms with Crippen molar-refractivity contribution in [3.8, 4) is 6.07 Å². The minimum atomic E-state index is -0.861. The molecule has 0 aromatic heterocycles. The molecule has 1 aromatic rings. The van der Waals surface area contributed by atoms with Crippen LogP contribution in [0.2, 0.25) is 0 Å². The summed E-state index contributed by atoms with van der Waals surface area (Å²) in [5, 5.41) is 8.58. The molecule has 0 radical (unpaired) electrons. The van der Waals surface area contributed by atoms with Crippen molar-refractivity contribution in [2.75, 3.05) is 32.6 Å². The Bertz CT molecular complexity index is 486. The van der Waals surface area contributed by atoms with E-state index in [2.05, 4.69) is 0 Å². The predicted molar refractivity (Wildman–Crippen MR) is 63.0 cm³/mol. The summed E-state index contributed by atoms with van der Waals surface area (Å²) in [6, 6.07) is 3.54. The number of rotatable bonds is 3. The molecule has 96 valence electrons. The van der Waals surface area contributed by atoms with Gasteiger partial charge < -0.3 is 9.80 Å². The number of benzene rings is 1. The largest absolute Gasteiger partial charge is 0.361 e. The molecule has 0 aliphatic heterocycles. The van der Waals surface area contributed by atoms with Gasteiger partial charge in [0.25, 0.3) is 0 Å². The summed E-state index contributed by atoms with van der Waals surface area (Å²) >= 11 is 0. The summed E-state index contributed by atoms with van der Waals surface area (Å²) in [6.07, 6.45) is 0. The first-order chi connectivity index (χ1) is 8.36. The number of carbonyl (C=O) groups excluding carboxylic acids is 1. The average Bonchev–Trinajstić information content (AvgIpc) is 2.27. The zero-order valence-electron chi connectivity index (χ0n) is 10.4. The van der Waals surface area contributed by atoms with Gasteiger partial charge in [-0.2, -0.15) is 5.26 Å². The Hall–Kier alpha value is -2.16. The molecule has 0 aliphatic carbocycles. The molecule has 0 saturated heterocycles. The van der Waals surface area contributed by atoms with Crippen molar-refractivity contribution in [3.63, 3.8) is 0 Å². The van der Waals surface area contributed by atoms with Crippen LogP contribution in [0, 0.1) is 23.0 Å². The Morgan fingerprint density at radius 1 is 1.28 bits per heavy atom. The third-order valence-corrected chi connectivity index (χ3v) is 2.40. The Labute approximate surface area is 104 Å². The van der Waals surface area contributed by atoms with Gasteiger partial charge in [-0.1, -0.05) is 0 Å². The molecule has 1 aromatic carbocycles. The highest BCUT2D eigenvalue weighted by atomic mass is 19.1. The molecule has 0 N–H and O–H groups in total. The van der Waals surface area contributed by atoms with Crippen molar-refractivity contribution in [1.29, 1.82) is 5.26 Å². The van der Waals surface area contributed by atoms with E-state index in [0.29, 0.717) is 0 Å². The molecule has 0 aliphatic rings. The van der Waals surface area contributed by atoms with Crippen molar-refractivity contribution >= 4 is 11.6 Å². The Balaban J connectivity index is 3.04. The van der Waals surface area contributed by atoms with Gasteiger partial charge in [0.1, 0.15) is 5.69 Å². The number of nitriles is 1. The molecular weight excluding hydrogens is 240 g/mol. The maximum Gasteiger partial charge on any atom is 0.241 e. The summed E-state index contributed by atoms with van der Waals surface area (Å²) in [5.74, 6) is -2.00. The zero-order valence-corrected chi connectivity index (χ0v) is 10.4. The highest BCUT2D eigenvalue weighted by Gasteiger charge is 2.18. The molecule has 0 unspecified atom stereocenters. The maximum atomic E-state index is 13.6. The van der Waals surface area contributed by atoms with Gasteiger partial charge in [-0.15, -0.1) is 0 Å². The summed E-state index contributed by atoms with van der Waals surface area (Å²) < 4.78 is 27.3. The number of anilines is 1. The number of carbonyl (C=O) groups is 1.